The Kier molecular flexibility index (Phi) is 4.85. The quantitative estimate of drug-likeness (QED) is 0.385. The first kappa shape index (κ1) is 19.5. The van der Waals surface area contributed by atoms with Crippen molar-refractivity contribution in [3.05, 3.63) is 58.1 Å². The summed E-state index contributed by atoms with van der Waals surface area (Å²) >= 11 is 3.10. The highest BCUT2D eigenvalue weighted by atomic mass is 79.9. The predicted octanol–water partition coefficient (Wildman–Crippen LogP) is 5.17. The fourth-order valence-corrected chi connectivity index (χ4v) is 3.59. The van der Waals surface area contributed by atoms with E-state index in [2.05, 4.69) is 31.1 Å². The molecule has 2 aromatic carbocycles. The molecule has 0 aliphatic rings. The molecule has 0 saturated carbocycles. The Bertz CT molecular complexity index is 1220. The number of anilines is 2. The Morgan fingerprint density at radius 3 is 2.55 bits per heavy atom. The van der Waals surface area contributed by atoms with Crippen molar-refractivity contribution in [1.82, 2.24) is 19.6 Å². The van der Waals surface area contributed by atoms with Crippen molar-refractivity contribution in [3.63, 3.8) is 0 Å². The summed E-state index contributed by atoms with van der Waals surface area (Å²) in [4.78, 5) is 5.08. The van der Waals surface area contributed by atoms with Gasteiger partial charge in [-0.2, -0.15) is 4.98 Å². The van der Waals surface area contributed by atoms with Crippen LogP contribution in [0.1, 0.15) is 5.82 Å². The van der Waals surface area contributed by atoms with E-state index in [1.165, 1.54) is 16.5 Å². The second kappa shape index (κ2) is 7.21. The third-order valence-electron chi connectivity index (χ3n) is 4.29. The smallest absolute Gasteiger partial charge is 0.257 e. The number of alkyl halides is 2. The van der Waals surface area contributed by atoms with Gasteiger partial charge in [0.25, 0.3) is 12.2 Å². The van der Waals surface area contributed by atoms with Crippen LogP contribution in [-0.4, -0.2) is 32.6 Å². The van der Waals surface area contributed by atoms with Crippen LogP contribution in [0.4, 0.5) is 33.5 Å². The molecule has 2 aromatic heterocycles. The first-order valence-corrected chi connectivity index (χ1v) is 9.07. The Morgan fingerprint density at radius 1 is 1.10 bits per heavy atom. The van der Waals surface area contributed by atoms with Crippen LogP contribution in [0.25, 0.3) is 16.7 Å². The van der Waals surface area contributed by atoms with Crippen LogP contribution in [0.3, 0.4) is 0 Å². The van der Waals surface area contributed by atoms with E-state index >= 15 is 0 Å². The van der Waals surface area contributed by atoms with Gasteiger partial charge in [-0.3, -0.25) is 4.40 Å². The molecule has 11 heteroatoms. The van der Waals surface area contributed by atoms with Gasteiger partial charge in [-0.05, 0) is 37.3 Å². The molecule has 0 radical (unpaired) electrons. The van der Waals surface area contributed by atoms with Gasteiger partial charge in [0.15, 0.2) is 11.6 Å². The lowest BCUT2D eigenvalue weighted by Crippen LogP contribution is -2.26. The van der Waals surface area contributed by atoms with Gasteiger partial charge in [0.1, 0.15) is 17.5 Å². The summed E-state index contributed by atoms with van der Waals surface area (Å²) in [7, 11) is 0. The number of nitrogens with zero attached hydrogens (tertiary/aromatic N) is 5. The third-order valence-corrected chi connectivity index (χ3v) is 4.74. The topological polar surface area (TPSA) is 46.3 Å². The molecule has 0 atom stereocenters. The number of aryl methyl sites for hydroxylation is 1. The van der Waals surface area contributed by atoms with Gasteiger partial charge < -0.3 is 4.90 Å². The Morgan fingerprint density at radius 2 is 1.86 bits per heavy atom. The molecule has 150 valence electrons. The number of rotatable bonds is 4. The number of hydrogen-bond donors (Lipinski definition) is 0. The van der Waals surface area contributed by atoms with Crippen molar-refractivity contribution in [3.8, 4) is 0 Å². The van der Waals surface area contributed by atoms with E-state index in [9.17, 15) is 22.0 Å². The van der Waals surface area contributed by atoms with Crippen molar-refractivity contribution in [2.75, 3.05) is 11.4 Å². The molecule has 29 heavy (non-hydrogen) atoms. The zero-order chi connectivity index (χ0) is 20.9. The first-order valence-electron chi connectivity index (χ1n) is 8.27. The molecule has 2 heterocycles. The third kappa shape index (κ3) is 3.39. The minimum Gasteiger partial charge on any atom is -0.320 e. The van der Waals surface area contributed by atoms with Crippen molar-refractivity contribution in [2.24, 2.45) is 0 Å². The van der Waals surface area contributed by atoms with Crippen LogP contribution in [0.5, 0.6) is 0 Å². The number of hydrogen-bond acceptors (Lipinski definition) is 4. The summed E-state index contributed by atoms with van der Waals surface area (Å²) < 4.78 is 71.2. The van der Waals surface area contributed by atoms with Crippen LogP contribution >= 0.6 is 15.9 Å². The molecule has 0 fully saturated rings. The zero-order valence-corrected chi connectivity index (χ0v) is 16.3. The monoisotopic (exact) mass is 471 g/mol. The summed E-state index contributed by atoms with van der Waals surface area (Å²) in [6.07, 6.45) is -2.87. The van der Waals surface area contributed by atoms with E-state index < -0.39 is 30.4 Å². The Balaban J connectivity index is 2.10. The van der Waals surface area contributed by atoms with Gasteiger partial charge in [-0.25, -0.2) is 22.0 Å². The first-order chi connectivity index (χ1) is 13.8. The molecule has 5 nitrogen and oxygen atoms in total. The maximum Gasteiger partial charge on any atom is 0.257 e. The normalized spacial score (nSPS) is 11.7. The summed E-state index contributed by atoms with van der Waals surface area (Å²) in [5.41, 5.74) is 0.122. The highest BCUT2D eigenvalue weighted by molar-refractivity contribution is 9.10. The summed E-state index contributed by atoms with van der Waals surface area (Å²) in [6, 6.07) is 5.70. The van der Waals surface area contributed by atoms with Gasteiger partial charge in [-0.1, -0.05) is 15.9 Å². The van der Waals surface area contributed by atoms with Crippen molar-refractivity contribution in [1.29, 1.82) is 0 Å². The van der Waals surface area contributed by atoms with Gasteiger partial charge in [-0.15, -0.1) is 10.2 Å². The highest BCUT2D eigenvalue weighted by Crippen LogP contribution is 2.36. The van der Waals surface area contributed by atoms with Gasteiger partial charge in [0, 0.05) is 10.2 Å². The van der Waals surface area contributed by atoms with Crippen molar-refractivity contribution >= 4 is 44.1 Å². The lowest BCUT2D eigenvalue weighted by Gasteiger charge is -2.25. The largest absolute Gasteiger partial charge is 0.320 e. The van der Waals surface area contributed by atoms with Crippen molar-refractivity contribution < 1.29 is 22.0 Å². The second-order valence-electron chi connectivity index (χ2n) is 6.20. The fraction of sp³-hybridized carbons (Fsp3) is 0.167. The van der Waals surface area contributed by atoms with Crippen LogP contribution in [0.2, 0.25) is 0 Å². The molecular formula is C18H11BrF5N5. The van der Waals surface area contributed by atoms with Crippen LogP contribution in [0, 0.1) is 24.4 Å². The summed E-state index contributed by atoms with van der Waals surface area (Å²) in [5.74, 6) is -3.12. The molecule has 0 N–H and O–H groups in total. The lowest BCUT2D eigenvalue weighted by molar-refractivity contribution is 0.158. The average Bonchev–Trinajstić information content (AvgIpc) is 3.02. The average molecular weight is 472 g/mol. The predicted molar refractivity (Wildman–Crippen MR) is 100 cm³/mol. The zero-order valence-electron chi connectivity index (χ0n) is 14.7. The fourth-order valence-electron chi connectivity index (χ4n) is 3.14. The molecule has 0 bridgehead atoms. The van der Waals surface area contributed by atoms with Gasteiger partial charge in [0.05, 0.1) is 17.4 Å². The Hall–Kier alpha value is -2.82. The maximum absolute atomic E-state index is 14.8. The molecule has 0 spiro atoms. The Labute approximate surface area is 168 Å². The number of benzene rings is 2. The molecule has 0 aliphatic carbocycles. The van der Waals surface area contributed by atoms with E-state index in [0.717, 1.165) is 23.1 Å². The minimum absolute atomic E-state index is 0.00532. The highest BCUT2D eigenvalue weighted by Gasteiger charge is 2.25. The SMILES string of the molecule is Cc1nnc2nc(N(CC(F)F)c3cc(F)cc(Br)c3)c3c(F)c(F)ccc3n12. The van der Waals surface area contributed by atoms with Gasteiger partial charge >= 0.3 is 0 Å². The molecular weight excluding hydrogens is 461 g/mol. The molecule has 0 unspecified atom stereocenters. The molecule has 0 aliphatic heterocycles. The summed E-state index contributed by atoms with van der Waals surface area (Å²) in [6.45, 7) is 0.653. The van der Waals surface area contributed by atoms with Crippen LogP contribution in [0.15, 0.2) is 34.8 Å². The molecule has 4 aromatic rings. The van der Waals surface area contributed by atoms with E-state index in [4.69, 9.17) is 0 Å². The molecule has 0 saturated heterocycles. The van der Waals surface area contributed by atoms with Crippen LogP contribution < -0.4 is 4.90 Å². The van der Waals surface area contributed by atoms with Crippen molar-refractivity contribution in [2.45, 2.75) is 13.3 Å². The second-order valence-corrected chi connectivity index (χ2v) is 7.12. The van der Waals surface area contributed by atoms with E-state index in [1.54, 1.807) is 6.92 Å². The van der Waals surface area contributed by atoms with E-state index in [-0.39, 0.29) is 32.7 Å². The minimum atomic E-state index is -2.87. The number of fused-ring (bicyclic) bond motifs is 3. The van der Waals surface area contributed by atoms with E-state index in [1.807, 2.05) is 0 Å². The number of halogens is 6. The van der Waals surface area contributed by atoms with Crippen LogP contribution in [-0.2, 0) is 0 Å². The molecule has 0 amide bonds. The number of aromatic nitrogens is 4. The van der Waals surface area contributed by atoms with E-state index in [0.29, 0.717) is 5.82 Å². The van der Waals surface area contributed by atoms with Gasteiger partial charge in [0.2, 0.25) is 0 Å². The summed E-state index contributed by atoms with van der Waals surface area (Å²) in [5, 5.41) is 7.37. The maximum atomic E-state index is 14.8. The standard InChI is InChI=1S/C18H11BrF5N5/c1-8-26-27-18-25-17(15-13(29(8)18)3-2-12(21)16(15)24)28(7-14(22)23)11-5-9(19)4-10(20)6-11/h2-6,14H,7H2,1H3. The molecule has 4 rings (SSSR count). The lowest BCUT2D eigenvalue weighted by atomic mass is 10.1.